The quantitative estimate of drug-likeness (QED) is 0.854. The van der Waals surface area contributed by atoms with E-state index in [1.165, 1.54) is 24.0 Å². The van der Waals surface area contributed by atoms with Crippen LogP contribution in [0.3, 0.4) is 0 Å². The highest BCUT2D eigenvalue weighted by Gasteiger charge is 2.24. The van der Waals surface area contributed by atoms with E-state index in [9.17, 15) is 0 Å². The van der Waals surface area contributed by atoms with E-state index in [1.54, 1.807) is 6.26 Å². The zero-order valence-corrected chi connectivity index (χ0v) is 9.94. The molecular formula is C13H17N3O. The molecule has 17 heavy (non-hydrogen) atoms. The maximum atomic E-state index is 5.50. The molecule has 2 aromatic heterocycles. The fourth-order valence-corrected chi connectivity index (χ4v) is 2.56. The van der Waals surface area contributed by atoms with Gasteiger partial charge in [0.15, 0.2) is 0 Å². The first kappa shape index (κ1) is 10.6. The minimum Gasteiger partial charge on any atom is -0.469 e. The predicted octanol–water partition coefficient (Wildman–Crippen LogP) is 2.73. The highest BCUT2D eigenvalue weighted by atomic mass is 16.3. The summed E-state index contributed by atoms with van der Waals surface area (Å²) in [6.07, 6.45) is 9.05. The average Bonchev–Trinajstić information content (AvgIpc) is 3.00. The van der Waals surface area contributed by atoms with Crippen LogP contribution in [0.2, 0.25) is 0 Å². The van der Waals surface area contributed by atoms with Crippen LogP contribution >= 0.6 is 0 Å². The van der Waals surface area contributed by atoms with Crippen LogP contribution in [0.25, 0.3) is 0 Å². The molecule has 90 valence electrons. The van der Waals surface area contributed by atoms with E-state index in [1.807, 2.05) is 12.4 Å². The van der Waals surface area contributed by atoms with Gasteiger partial charge < -0.3 is 9.73 Å². The number of nitrogens with one attached hydrogen (secondary N) is 2. The van der Waals surface area contributed by atoms with Crippen molar-refractivity contribution in [2.24, 2.45) is 0 Å². The number of furan rings is 1. The van der Waals surface area contributed by atoms with Crippen molar-refractivity contribution in [3.8, 4) is 0 Å². The highest BCUT2D eigenvalue weighted by Crippen LogP contribution is 2.32. The molecule has 2 aromatic rings. The maximum absolute atomic E-state index is 5.50. The lowest BCUT2D eigenvalue weighted by Gasteiger charge is -2.26. The number of aryl methyl sites for hydroxylation is 1. The minimum absolute atomic E-state index is 0.305. The van der Waals surface area contributed by atoms with Gasteiger partial charge in [-0.15, -0.1) is 0 Å². The van der Waals surface area contributed by atoms with Crippen molar-refractivity contribution >= 4 is 0 Å². The average molecular weight is 231 g/mol. The number of hydrogen-bond donors (Lipinski definition) is 2. The number of nitrogens with zero attached hydrogens (tertiary/aromatic N) is 1. The Morgan fingerprint density at radius 3 is 3.35 bits per heavy atom. The molecule has 1 aliphatic rings. The Kier molecular flexibility index (Phi) is 2.73. The molecule has 0 amide bonds. The van der Waals surface area contributed by atoms with Crippen molar-refractivity contribution in [1.29, 1.82) is 0 Å². The summed E-state index contributed by atoms with van der Waals surface area (Å²) >= 11 is 0. The molecule has 3 rings (SSSR count). The summed E-state index contributed by atoms with van der Waals surface area (Å²) in [7, 11) is 0. The Labute approximate surface area is 100 Å². The van der Waals surface area contributed by atoms with Crippen LogP contribution in [0.5, 0.6) is 0 Å². The Morgan fingerprint density at radius 2 is 2.53 bits per heavy atom. The number of H-pyrrole nitrogens is 1. The second kappa shape index (κ2) is 4.37. The first-order chi connectivity index (χ1) is 8.34. The first-order valence-corrected chi connectivity index (χ1v) is 6.15. The Bertz CT molecular complexity index is 475. The third-order valence-electron chi connectivity index (χ3n) is 3.52. The van der Waals surface area contributed by atoms with Crippen molar-refractivity contribution < 1.29 is 4.42 Å². The molecular weight excluding hydrogens is 214 g/mol. The smallest absolute Gasteiger partial charge is 0.108 e. The molecule has 1 aliphatic carbocycles. The normalized spacial score (nSPS) is 21.1. The molecule has 0 bridgehead atoms. The van der Waals surface area contributed by atoms with Crippen molar-refractivity contribution in [2.45, 2.75) is 38.3 Å². The molecule has 0 saturated heterocycles. The molecule has 0 aromatic carbocycles. The SMILES string of the molecule is CC(NC1CCCc2occc21)c1cn[nH]c1. The summed E-state index contributed by atoms with van der Waals surface area (Å²) in [5.74, 6) is 1.15. The van der Waals surface area contributed by atoms with E-state index in [4.69, 9.17) is 4.42 Å². The van der Waals surface area contributed by atoms with Gasteiger partial charge in [0.1, 0.15) is 5.76 Å². The second-order valence-electron chi connectivity index (χ2n) is 4.66. The van der Waals surface area contributed by atoms with Gasteiger partial charge in [0, 0.05) is 35.8 Å². The first-order valence-electron chi connectivity index (χ1n) is 6.15. The van der Waals surface area contributed by atoms with Gasteiger partial charge >= 0.3 is 0 Å². The Morgan fingerprint density at radius 1 is 1.59 bits per heavy atom. The maximum Gasteiger partial charge on any atom is 0.108 e. The van der Waals surface area contributed by atoms with Gasteiger partial charge in [-0.3, -0.25) is 5.10 Å². The summed E-state index contributed by atoms with van der Waals surface area (Å²) < 4.78 is 5.50. The zero-order valence-electron chi connectivity index (χ0n) is 9.94. The van der Waals surface area contributed by atoms with Gasteiger partial charge in [-0.2, -0.15) is 5.10 Å². The molecule has 2 unspecified atom stereocenters. The fraction of sp³-hybridized carbons (Fsp3) is 0.462. The summed E-state index contributed by atoms with van der Waals surface area (Å²) in [4.78, 5) is 0. The molecule has 4 nitrogen and oxygen atoms in total. The summed E-state index contributed by atoms with van der Waals surface area (Å²) in [6, 6.07) is 2.80. The van der Waals surface area contributed by atoms with Gasteiger partial charge in [0.05, 0.1) is 12.5 Å². The number of fused-ring (bicyclic) bond motifs is 1. The Balaban J connectivity index is 1.75. The fourth-order valence-electron chi connectivity index (χ4n) is 2.56. The zero-order chi connectivity index (χ0) is 11.7. The lowest BCUT2D eigenvalue weighted by Crippen LogP contribution is -2.26. The highest BCUT2D eigenvalue weighted by molar-refractivity contribution is 5.24. The largest absolute Gasteiger partial charge is 0.469 e. The molecule has 4 heteroatoms. The Hall–Kier alpha value is -1.55. The topological polar surface area (TPSA) is 53.9 Å². The van der Waals surface area contributed by atoms with E-state index in [-0.39, 0.29) is 0 Å². The van der Waals surface area contributed by atoms with Crippen molar-refractivity contribution in [1.82, 2.24) is 15.5 Å². The summed E-state index contributed by atoms with van der Waals surface area (Å²) in [6.45, 7) is 2.17. The van der Waals surface area contributed by atoms with Crippen molar-refractivity contribution in [3.63, 3.8) is 0 Å². The summed E-state index contributed by atoms with van der Waals surface area (Å²) in [5, 5.41) is 10.5. The monoisotopic (exact) mass is 231 g/mol. The number of aromatic amines is 1. The number of rotatable bonds is 3. The van der Waals surface area contributed by atoms with E-state index >= 15 is 0 Å². The number of hydrogen-bond acceptors (Lipinski definition) is 3. The molecule has 0 fully saturated rings. The van der Waals surface area contributed by atoms with Gasteiger partial charge in [0.25, 0.3) is 0 Å². The van der Waals surface area contributed by atoms with Crippen LogP contribution in [0, 0.1) is 0 Å². The minimum atomic E-state index is 0.305. The lowest BCUT2D eigenvalue weighted by molar-refractivity contribution is 0.386. The van der Waals surface area contributed by atoms with E-state index in [2.05, 4.69) is 28.5 Å². The van der Waals surface area contributed by atoms with Crippen LogP contribution < -0.4 is 5.32 Å². The number of aromatic nitrogens is 2. The second-order valence-corrected chi connectivity index (χ2v) is 4.66. The van der Waals surface area contributed by atoms with Crippen molar-refractivity contribution in [2.75, 3.05) is 0 Å². The van der Waals surface area contributed by atoms with Crippen LogP contribution in [0.1, 0.15) is 48.7 Å². The van der Waals surface area contributed by atoms with Crippen LogP contribution in [-0.2, 0) is 6.42 Å². The van der Waals surface area contributed by atoms with Crippen molar-refractivity contribution in [3.05, 3.63) is 41.6 Å². The lowest BCUT2D eigenvalue weighted by atomic mass is 9.92. The van der Waals surface area contributed by atoms with E-state index in [0.717, 1.165) is 12.2 Å². The molecule has 0 radical (unpaired) electrons. The van der Waals surface area contributed by atoms with Gasteiger partial charge in [-0.1, -0.05) is 0 Å². The molecule has 0 saturated carbocycles. The van der Waals surface area contributed by atoms with Gasteiger partial charge in [-0.25, -0.2) is 0 Å². The van der Waals surface area contributed by atoms with Crippen LogP contribution in [0.15, 0.2) is 29.1 Å². The molecule has 0 aliphatic heterocycles. The molecule has 0 spiro atoms. The van der Waals surface area contributed by atoms with E-state index < -0.39 is 0 Å². The van der Waals surface area contributed by atoms with Gasteiger partial charge in [0.2, 0.25) is 0 Å². The standard InChI is InChI=1S/C13H17N3O/c1-9(10-7-14-15-8-10)16-12-3-2-4-13-11(12)5-6-17-13/h5-9,12,16H,2-4H2,1H3,(H,14,15). The molecule has 2 N–H and O–H groups in total. The molecule has 2 atom stereocenters. The third-order valence-corrected chi connectivity index (χ3v) is 3.52. The third kappa shape index (κ3) is 2.00. The summed E-state index contributed by atoms with van der Waals surface area (Å²) in [5.41, 5.74) is 2.52. The van der Waals surface area contributed by atoms with Crippen LogP contribution in [-0.4, -0.2) is 10.2 Å². The van der Waals surface area contributed by atoms with Gasteiger partial charge in [-0.05, 0) is 25.8 Å². The predicted molar refractivity (Wildman–Crippen MR) is 64.5 cm³/mol. The van der Waals surface area contributed by atoms with E-state index in [0.29, 0.717) is 12.1 Å². The van der Waals surface area contributed by atoms with Crippen LogP contribution in [0.4, 0.5) is 0 Å². The molecule has 2 heterocycles.